The molecule has 0 bridgehead atoms. The van der Waals surface area contributed by atoms with Gasteiger partial charge in [-0.1, -0.05) is 66.8 Å². The summed E-state index contributed by atoms with van der Waals surface area (Å²) in [6.45, 7) is 0.803. The zero-order chi connectivity index (χ0) is 16.2. The fraction of sp³-hybridized carbons (Fsp3) is 0.238. The van der Waals surface area contributed by atoms with Gasteiger partial charge in [-0.2, -0.15) is 0 Å². The third-order valence-corrected chi connectivity index (χ3v) is 4.16. The maximum atomic E-state index is 11.0. The minimum absolute atomic E-state index is 0.163. The smallest absolute Gasteiger partial charge is 0.107 e. The Morgan fingerprint density at radius 2 is 1.74 bits per heavy atom. The number of nitrogens with zero attached hydrogens (tertiary/aromatic N) is 1. The van der Waals surface area contributed by atoms with E-state index in [-0.39, 0.29) is 6.61 Å². The topological polar surface area (TPSA) is 23.1 Å². The molecule has 1 aliphatic rings. The third kappa shape index (κ3) is 3.61. The minimum Gasteiger partial charge on any atom is -0.305 e. The first-order valence-corrected chi connectivity index (χ1v) is 7.97. The van der Waals surface area contributed by atoms with Gasteiger partial charge in [-0.15, -0.1) is 0 Å². The van der Waals surface area contributed by atoms with E-state index >= 15 is 0 Å². The Balaban J connectivity index is 1.92. The lowest BCUT2D eigenvalue weighted by Crippen LogP contribution is -2.13. The molecule has 2 aromatic rings. The van der Waals surface area contributed by atoms with Crippen LogP contribution >= 0.6 is 0 Å². The van der Waals surface area contributed by atoms with Gasteiger partial charge < -0.3 is 4.90 Å². The van der Waals surface area contributed by atoms with E-state index in [1.165, 1.54) is 22.3 Å². The highest BCUT2D eigenvalue weighted by Crippen LogP contribution is 2.34. The summed E-state index contributed by atoms with van der Waals surface area (Å²) in [5.74, 6) is 0.320. The van der Waals surface area contributed by atoms with Gasteiger partial charge in [0.05, 0.1) is 0 Å². The van der Waals surface area contributed by atoms with Crippen molar-refractivity contribution in [3.63, 3.8) is 0 Å². The van der Waals surface area contributed by atoms with Crippen molar-refractivity contribution in [2.24, 2.45) is 0 Å². The lowest BCUT2D eigenvalue weighted by molar-refractivity contribution is 0.177. The first kappa shape index (κ1) is 15.7. The molecule has 0 heterocycles. The monoisotopic (exact) mass is 304 g/mol. The minimum atomic E-state index is -0.163. The Kier molecular flexibility index (Phi) is 4.75. The van der Waals surface area contributed by atoms with Crippen LogP contribution in [0.1, 0.15) is 17.0 Å². The molecule has 0 amide bonds. The van der Waals surface area contributed by atoms with Gasteiger partial charge in [0.25, 0.3) is 0 Å². The highest BCUT2D eigenvalue weighted by Gasteiger charge is 2.16. The Hall–Kier alpha value is -2.16. The van der Waals surface area contributed by atoms with Crippen LogP contribution in [0.4, 0.5) is 0 Å². The van der Waals surface area contributed by atoms with Gasteiger partial charge in [-0.05, 0) is 41.9 Å². The largest absolute Gasteiger partial charge is 0.305 e. The molecule has 0 aromatic heterocycles. The Labute approximate surface area is 138 Å². The summed E-state index contributed by atoms with van der Waals surface area (Å²) >= 11 is 0. The SMILES string of the molecule is CN(C)CC1=CC(c2ccccc2-c2ccc(C[O])cc2)C=C1. The summed E-state index contributed by atoms with van der Waals surface area (Å²) in [5, 5.41) is 11.0. The van der Waals surface area contributed by atoms with Crippen LogP contribution in [0.15, 0.2) is 72.3 Å². The molecule has 3 rings (SSSR count). The van der Waals surface area contributed by atoms with E-state index in [9.17, 15) is 5.11 Å². The fourth-order valence-electron chi connectivity index (χ4n) is 3.06. The summed E-state index contributed by atoms with van der Waals surface area (Å²) in [4.78, 5) is 2.19. The number of rotatable bonds is 5. The number of allylic oxidation sites excluding steroid dienone is 2. The van der Waals surface area contributed by atoms with E-state index in [0.717, 1.165) is 12.1 Å². The van der Waals surface area contributed by atoms with Crippen molar-refractivity contribution in [2.45, 2.75) is 12.5 Å². The maximum Gasteiger partial charge on any atom is 0.107 e. The van der Waals surface area contributed by atoms with Crippen LogP contribution in [-0.4, -0.2) is 25.5 Å². The molecule has 0 saturated heterocycles. The molecule has 1 atom stereocenters. The van der Waals surface area contributed by atoms with Crippen molar-refractivity contribution >= 4 is 0 Å². The average molecular weight is 304 g/mol. The second-order valence-corrected chi connectivity index (χ2v) is 6.29. The first-order valence-electron chi connectivity index (χ1n) is 7.97. The highest BCUT2D eigenvalue weighted by molar-refractivity contribution is 5.69. The summed E-state index contributed by atoms with van der Waals surface area (Å²) in [7, 11) is 4.18. The van der Waals surface area contributed by atoms with Crippen LogP contribution in [0.25, 0.3) is 11.1 Å². The molecule has 2 heteroatoms. The van der Waals surface area contributed by atoms with Gasteiger partial charge in [0.15, 0.2) is 0 Å². The zero-order valence-electron chi connectivity index (χ0n) is 13.7. The Morgan fingerprint density at radius 1 is 1.00 bits per heavy atom. The highest BCUT2D eigenvalue weighted by atomic mass is 16.3. The predicted octanol–water partition coefficient (Wildman–Crippen LogP) is 4.43. The standard InChI is InChI=1S/C21H22NO/c1-22(2)14-17-9-12-19(13-17)21-6-4-3-5-20(21)18-10-7-16(15-23)8-11-18/h3-13,19H,14-15H2,1-2H3. The fourth-order valence-corrected chi connectivity index (χ4v) is 3.06. The normalized spacial score (nSPS) is 16.9. The van der Waals surface area contributed by atoms with Crippen molar-refractivity contribution in [1.82, 2.24) is 4.90 Å². The summed E-state index contributed by atoms with van der Waals surface area (Å²) in [5.41, 5.74) is 5.91. The molecule has 0 saturated carbocycles. The van der Waals surface area contributed by atoms with Gasteiger partial charge in [-0.25, -0.2) is 5.11 Å². The lowest BCUT2D eigenvalue weighted by atomic mass is 9.91. The molecule has 2 aromatic carbocycles. The molecular formula is C21H22NO. The molecule has 0 fully saturated rings. The van der Waals surface area contributed by atoms with Crippen molar-refractivity contribution in [3.05, 3.63) is 83.5 Å². The molecule has 0 N–H and O–H groups in total. The van der Waals surface area contributed by atoms with E-state index in [2.05, 4.69) is 73.6 Å². The van der Waals surface area contributed by atoms with Crippen molar-refractivity contribution < 1.29 is 5.11 Å². The number of hydrogen-bond donors (Lipinski definition) is 0. The third-order valence-electron chi connectivity index (χ3n) is 4.16. The van der Waals surface area contributed by atoms with Crippen molar-refractivity contribution in [1.29, 1.82) is 0 Å². The summed E-state index contributed by atoms with van der Waals surface area (Å²) in [6.07, 6.45) is 6.83. The molecular weight excluding hydrogens is 282 g/mol. The lowest BCUT2D eigenvalue weighted by Gasteiger charge is -2.14. The molecule has 1 unspecified atom stereocenters. The van der Waals surface area contributed by atoms with Crippen LogP contribution in [0.5, 0.6) is 0 Å². The first-order chi connectivity index (χ1) is 11.2. The molecule has 2 nitrogen and oxygen atoms in total. The van der Waals surface area contributed by atoms with E-state index in [1.807, 2.05) is 12.1 Å². The molecule has 117 valence electrons. The summed E-state index contributed by atoms with van der Waals surface area (Å²) in [6, 6.07) is 16.5. The maximum absolute atomic E-state index is 11.0. The van der Waals surface area contributed by atoms with Gasteiger partial charge >= 0.3 is 0 Å². The van der Waals surface area contributed by atoms with E-state index in [1.54, 1.807) is 0 Å². The zero-order valence-corrected chi connectivity index (χ0v) is 13.7. The van der Waals surface area contributed by atoms with Crippen LogP contribution in [0, 0.1) is 0 Å². The predicted molar refractivity (Wildman–Crippen MR) is 94.8 cm³/mol. The van der Waals surface area contributed by atoms with E-state index < -0.39 is 0 Å². The molecule has 0 aliphatic heterocycles. The van der Waals surface area contributed by atoms with Crippen LogP contribution in [0.2, 0.25) is 0 Å². The van der Waals surface area contributed by atoms with E-state index in [4.69, 9.17) is 0 Å². The molecule has 1 radical (unpaired) electrons. The summed E-state index contributed by atoms with van der Waals surface area (Å²) < 4.78 is 0. The van der Waals surface area contributed by atoms with Gasteiger partial charge in [-0.3, -0.25) is 0 Å². The number of benzene rings is 2. The molecule has 0 spiro atoms. The molecule has 1 aliphatic carbocycles. The molecule has 23 heavy (non-hydrogen) atoms. The van der Waals surface area contributed by atoms with Gasteiger partial charge in [0.1, 0.15) is 6.61 Å². The second-order valence-electron chi connectivity index (χ2n) is 6.29. The van der Waals surface area contributed by atoms with Gasteiger partial charge in [0, 0.05) is 12.5 Å². The van der Waals surface area contributed by atoms with Gasteiger partial charge in [0.2, 0.25) is 0 Å². The second kappa shape index (κ2) is 6.95. The van der Waals surface area contributed by atoms with Crippen molar-refractivity contribution in [2.75, 3.05) is 20.6 Å². The van der Waals surface area contributed by atoms with Crippen LogP contribution in [-0.2, 0) is 11.7 Å². The van der Waals surface area contributed by atoms with Crippen molar-refractivity contribution in [3.8, 4) is 11.1 Å². The van der Waals surface area contributed by atoms with Crippen LogP contribution in [0.3, 0.4) is 0 Å². The van der Waals surface area contributed by atoms with E-state index in [0.29, 0.717) is 5.92 Å². The average Bonchev–Trinajstić information content (AvgIpc) is 3.02. The quantitative estimate of drug-likeness (QED) is 0.801. The number of likely N-dealkylation sites (N-methyl/N-ethyl adjacent to an activating group) is 1. The van der Waals surface area contributed by atoms with Crippen LogP contribution < -0.4 is 0 Å². The number of hydrogen-bond acceptors (Lipinski definition) is 1. The Morgan fingerprint density at radius 3 is 2.43 bits per heavy atom. The Bertz CT molecular complexity index is 726.